The Bertz CT molecular complexity index is 432. The van der Waals surface area contributed by atoms with Gasteiger partial charge in [-0.25, -0.2) is 4.39 Å². The van der Waals surface area contributed by atoms with Crippen LogP contribution in [0.3, 0.4) is 0 Å². The summed E-state index contributed by atoms with van der Waals surface area (Å²) >= 11 is 1.55. The van der Waals surface area contributed by atoms with E-state index in [1.165, 1.54) is 25.0 Å². The lowest BCUT2D eigenvalue weighted by molar-refractivity contribution is -0.120. The van der Waals surface area contributed by atoms with Crippen molar-refractivity contribution in [3.05, 3.63) is 35.6 Å². The number of amides is 1. The van der Waals surface area contributed by atoms with E-state index in [1.54, 1.807) is 17.8 Å². The van der Waals surface area contributed by atoms with Gasteiger partial charge in [-0.15, -0.1) is 11.8 Å². The molecule has 1 saturated carbocycles. The van der Waals surface area contributed by atoms with Crippen LogP contribution >= 0.6 is 11.8 Å². The molecule has 1 fully saturated rings. The predicted octanol–water partition coefficient (Wildman–Crippen LogP) is 3.51. The molecule has 0 radical (unpaired) electrons. The normalized spacial score (nSPS) is 17.4. The number of thioether (sulfide) groups is 1. The van der Waals surface area contributed by atoms with E-state index in [-0.39, 0.29) is 17.0 Å². The largest absolute Gasteiger partial charge is 0.352 e. The molecular weight excluding hydrogens is 261 g/mol. The van der Waals surface area contributed by atoms with Gasteiger partial charge in [0.15, 0.2) is 0 Å². The van der Waals surface area contributed by atoms with Crippen molar-refractivity contribution < 1.29 is 9.18 Å². The quantitative estimate of drug-likeness (QED) is 0.895. The molecule has 0 aromatic heterocycles. The van der Waals surface area contributed by atoms with Gasteiger partial charge in [-0.1, -0.05) is 25.0 Å². The number of halogens is 1. The number of benzene rings is 1. The highest BCUT2D eigenvalue weighted by molar-refractivity contribution is 7.99. The molecule has 104 valence electrons. The molecule has 1 aromatic carbocycles. The van der Waals surface area contributed by atoms with Crippen LogP contribution in [-0.2, 0) is 10.5 Å². The van der Waals surface area contributed by atoms with E-state index in [4.69, 9.17) is 0 Å². The summed E-state index contributed by atoms with van der Waals surface area (Å²) in [5.41, 5.74) is 0.922. The zero-order chi connectivity index (χ0) is 13.7. The fourth-order valence-corrected chi connectivity index (χ4v) is 3.15. The van der Waals surface area contributed by atoms with Crippen LogP contribution in [0.5, 0.6) is 0 Å². The number of carbonyl (C=O) groups is 1. The van der Waals surface area contributed by atoms with Gasteiger partial charge < -0.3 is 5.32 Å². The minimum Gasteiger partial charge on any atom is -0.352 e. The van der Waals surface area contributed by atoms with Crippen molar-refractivity contribution in [2.75, 3.05) is 0 Å². The van der Waals surface area contributed by atoms with Gasteiger partial charge in [-0.05, 0) is 37.5 Å². The molecule has 1 aliphatic rings. The van der Waals surface area contributed by atoms with Gasteiger partial charge in [0.1, 0.15) is 5.82 Å². The van der Waals surface area contributed by atoms with E-state index in [2.05, 4.69) is 5.32 Å². The van der Waals surface area contributed by atoms with Crippen LogP contribution in [0.25, 0.3) is 0 Å². The van der Waals surface area contributed by atoms with E-state index in [9.17, 15) is 9.18 Å². The number of nitrogens with one attached hydrogen (secondary N) is 1. The maximum Gasteiger partial charge on any atom is 0.233 e. The number of carbonyl (C=O) groups excluding carboxylic acids is 1. The highest BCUT2D eigenvalue weighted by atomic mass is 32.2. The summed E-state index contributed by atoms with van der Waals surface area (Å²) in [7, 11) is 0. The van der Waals surface area contributed by atoms with E-state index in [1.807, 2.05) is 13.0 Å². The second-order valence-electron chi connectivity index (χ2n) is 5.07. The Balaban J connectivity index is 1.76. The van der Waals surface area contributed by atoms with Crippen LogP contribution in [0.4, 0.5) is 4.39 Å². The van der Waals surface area contributed by atoms with Gasteiger partial charge in [0.25, 0.3) is 0 Å². The topological polar surface area (TPSA) is 29.1 Å². The molecule has 1 aromatic rings. The van der Waals surface area contributed by atoms with Crippen molar-refractivity contribution in [1.29, 1.82) is 0 Å². The molecule has 0 bridgehead atoms. The van der Waals surface area contributed by atoms with Crippen LogP contribution in [0.2, 0.25) is 0 Å². The van der Waals surface area contributed by atoms with Gasteiger partial charge in [-0.2, -0.15) is 0 Å². The molecule has 0 aliphatic heterocycles. The predicted molar refractivity (Wildman–Crippen MR) is 77.6 cm³/mol. The highest BCUT2D eigenvalue weighted by Gasteiger charge is 2.20. The van der Waals surface area contributed by atoms with Crippen LogP contribution in [0.15, 0.2) is 24.3 Å². The van der Waals surface area contributed by atoms with E-state index in [0.29, 0.717) is 11.8 Å². The van der Waals surface area contributed by atoms with Crippen LogP contribution in [0, 0.1) is 5.82 Å². The SMILES string of the molecule is CC(SCc1cccc(F)c1)C(=O)NC1CCCC1. The number of hydrogen-bond acceptors (Lipinski definition) is 2. The van der Waals surface area contributed by atoms with Crippen molar-refractivity contribution in [2.24, 2.45) is 0 Å². The fourth-order valence-electron chi connectivity index (χ4n) is 2.31. The average molecular weight is 281 g/mol. The third kappa shape index (κ3) is 4.53. The molecule has 0 spiro atoms. The van der Waals surface area contributed by atoms with Gasteiger partial charge in [0.2, 0.25) is 5.91 Å². The maximum atomic E-state index is 13.0. The molecular formula is C15H20FNOS. The Labute approximate surface area is 118 Å². The lowest BCUT2D eigenvalue weighted by atomic mass is 10.2. The maximum absolute atomic E-state index is 13.0. The second-order valence-corrected chi connectivity index (χ2v) is 6.40. The fraction of sp³-hybridized carbons (Fsp3) is 0.533. The van der Waals surface area contributed by atoms with E-state index < -0.39 is 0 Å². The van der Waals surface area contributed by atoms with Gasteiger partial charge in [-0.3, -0.25) is 4.79 Å². The summed E-state index contributed by atoms with van der Waals surface area (Å²) in [4.78, 5) is 12.0. The molecule has 2 rings (SSSR count). The summed E-state index contributed by atoms with van der Waals surface area (Å²) in [5.74, 6) is 0.547. The third-order valence-electron chi connectivity index (χ3n) is 3.46. The smallest absolute Gasteiger partial charge is 0.233 e. The zero-order valence-corrected chi connectivity index (χ0v) is 12.0. The molecule has 0 saturated heterocycles. The molecule has 1 aliphatic carbocycles. The van der Waals surface area contributed by atoms with Crippen molar-refractivity contribution in [3.63, 3.8) is 0 Å². The monoisotopic (exact) mass is 281 g/mol. The van der Waals surface area contributed by atoms with Crippen LogP contribution < -0.4 is 5.32 Å². The zero-order valence-electron chi connectivity index (χ0n) is 11.2. The highest BCUT2D eigenvalue weighted by Crippen LogP contribution is 2.21. The second kappa shape index (κ2) is 6.94. The third-order valence-corrected chi connectivity index (χ3v) is 4.67. The summed E-state index contributed by atoms with van der Waals surface area (Å²) in [6.45, 7) is 1.91. The Kier molecular flexibility index (Phi) is 5.25. The van der Waals surface area contributed by atoms with Crippen molar-refractivity contribution in [2.45, 2.75) is 49.7 Å². The molecule has 1 atom stereocenters. The van der Waals surface area contributed by atoms with Crippen molar-refractivity contribution in [3.8, 4) is 0 Å². The first kappa shape index (κ1) is 14.4. The van der Waals surface area contributed by atoms with E-state index >= 15 is 0 Å². The first-order valence-corrected chi connectivity index (χ1v) is 7.86. The molecule has 2 nitrogen and oxygen atoms in total. The van der Waals surface area contributed by atoms with Gasteiger partial charge >= 0.3 is 0 Å². The van der Waals surface area contributed by atoms with Gasteiger partial charge in [0.05, 0.1) is 5.25 Å². The first-order chi connectivity index (χ1) is 9.15. The van der Waals surface area contributed by atoms with E-state index in [0.717, 1.165) is 18.4 Å². The van der Waals surface area contributed by atoms with Gasteiger partial charge in [0, 0.05) is 11.8 Å². The molecule has 1 unspecified atom stereocenters. The minimum absolute atomic E-state index is 0.0936. The Morgan fingerprint density at radius 3 is 2.89 bits per heavy atom. The number of hydrogen-bond donors (Lipinski definition) is 1. The summed E-state index contributed by atoms with van der Waals surface area (Å²) in [6.07, 6.45) is 4.64. The van der Waals surface area contributed by atoms with Crippen LogP contribution in [-0.4, -0.2) is 17.2 Å². The summed E-state index contributed by atoms with van der Waals surface area (Å²) in [6, 6.07) is 6.91. The molecule has 1 amide bonds. The van der Waals surface area contributed by atoms with Crippen molar-refractivity contribution in [1.82, 2.24) is 5.32 Å². The lowest BCUT2D eigenvalue weighted by Crippen LogP contribution is -2.37. The van der Waals surface area contributed by atoms with Crippen molar-refractivity contribution >= 4 is 17.7 Å². The van der Waals surface area contributed by atoms with Crippen LogP contribution in [0.1, 0.15) is 38.2 Å². The standard InChI is InChI=1S/C15H20FNOS/c1-11(15(18)17-14-7-2-3-8-14)19-10-12-5-4-6-13(16)9-12/h4-6,9,11,14H,2-3,7-8,10H2,1H3,(H,17,18). The Morgan fingerprint density at radius 1 is 1.47 bits per heavy atom. The summed E-state index contributed by atoms with van der Waals surface area (Å²) < 4.78 is 13.0. The number of rotatable bonds is 5. The Morgan fingerprint density at radius 2 is 2.21 bits per heavy atom. The molecule has 19 heavy (non-hydrogen) atoms. The molecule has 0 heterocycles. The summed E-state index contributed by atoms with van der Waals surface area (Å²) in [5, 5.41) is 3.00. The molecule has 1 N–H and O–H groups in total. The Hall–Kier alpha value is -1.03. The first-order valence-electron chi connectivity index (χ1n) is 6.81. The molecule has 4 heteroatoms. The average Bonchev–Trinajstić information content (AvgIpc) is 2.89. The minimum atomic E-state index is -0.221. The lowest BCUT2D eigenvalue weighted by Gasteiger charge is -2.16.